The van der Waals surface area contributed by atoms with Crippen molar-refractivity contribution in [2.45, 2.75) is 13.3 Å². The smallest absolute Gasteiger partial charge is 0.343 e. The Bertz CT molecular complexity index is 674. The number of furan rings is 1. The summed E-state index contributed by atoms with van der Waals surface area (Å²) in [5.74, 6) is 0.856. The summed E-state index contributed by atoms with van der Waals surface area (Å²) in [6, 6.07) is 5.61. The first-order valence-electron chi connectivity index (χ1n) is 6.89. The maximum absolute atomic E-state index is 11.2. The van der Waals surface area contributed by atoms with E-state index in [2.05, 4.69) is 14.2 Å². The van der Waals surface area contributed by atoms with E-state index in [1.165, 1.54) is 7.11 Å². The number of allylic oxidation sites excluding steroid dienone is 1. The van der Waals surface area contributed by atoms with E-state index in [9.17, 15) is 4.79 Å². The van der Waals surface area contributed by atoms with Crippen LogP contribution < -0.4 is 4.74 Å². The molecule has 0 spiro atoms. The van der Waals surface area contributed by atoms with Gasteiger partial charge in [-0.15, -0.1) is 0 Å². The average Bonchev–Trinajstić information content (AvgIpc) is 2.88. The van der Waals surface area contributed by atoms with Crippen LogP contribution in [0.25, 0.3) is 17.0 Å². The van der Waals surface area contributed by atoms with Crippen LogP contribution in [0.3, 0.4) is 0 Å². The number of para-hydroxylation sites is 1. The Kier molecular flexibility index (Phi) is 5.99. The van der Waals surface area contributed by atoms with Gasteiger partial charge in [0.05, 0.1) is 13.7 Å². The second-order valence-corrected chi connectivity index (χ2v) is 4.90. The summed E-state index contributed by atoms with van der Waals surface area (Å²) in [5.41, 5.74) is 1.68. The molecule has 0 amide bonds. The molecule has 1 aromatic heterocycles. The van der Waals surface area contributed by atoms with Crippen molar-refractivity contribution in [3.05, 3.63) is 35.6 Å². The van der Waals surface area contributed by atoms with Crippen LogP contribution in [0.1, 0.15) is 18.2 Å². The van der Waals surface area contributed by atoms with E-state index in [0.29, 0.717) is 17.9 Å². The quantitative estimate of drug-likeness (QED) is 0.578. The molecule has 6 heteroatoms. The topological polar surface area (TPSA) is 57.9 Å². The highest BCUT2D eigenvalue weighted by atomic mass is 31.0. The van der Waals surface area contributed by atoms with E-state index >= 15 is 0 Å². The lowest BCUT2D eigenvalue weighted by Crippen LogP contribution is -2.12. The van der Waals surface area contributed by atoms with Gasteiger partial charge in [-0.25, -0.2) is 4.79 Å². The maximum Gasteiger partial charge on any atom is 0.343 e. The van der Waals surface area contributed by atoms with Gasteiger partial charge in [0, 0.05) is 26.8 Å². The van der Waals surface area contributed by atoms with Crippen LogP contribution in [-0.2, 0) is 20.5 Å². The SMILES string of the molecule is CC=Cc1oc2c(OCC(=O)OC)cccc2c1CCOP. The molecule has 0 radical (unpaired) electrons. The number of carbonyl (C=O) groups is 1. The molecule has 0 fully saturated rings. The highest BCUT2D eigenvalue weighted by molar-refractivity contribution is 7.09. The monoisotopic (exact) mass is 322 g/mol. The van der Waals surface area contributed by atoms with Crippen LogP contribution >= 0.6 is 9.47 Å². The number of hydrogen-bond acceptors (Lipinski definition) is 5. The van der Waals surface area contributed by atoms with Gasteiger partial charge in [-0.1, -0.05) is 18.2 Å². The maximum atomic E-state index is 11.2. The molecule has 1 unspecified atom stereocenters. The Labute approximate surface area is 131 Å². The second-order valence-electron chi connectivity index (χ2n) is 4.56. The van der Waals surface area contributed by atoms with Gasteiger partial charge in [-0.2, -0.15) is 0 Å². The van der Waals surface area contributed by atoms with Crippen LogP contribution in [0.15, 0.2) is 28.7 Å². The normalized spacial score (nSPS) is 11.2. The van der Waals surface area contributed by atoms with E-state index in [1.54, 1.807) is 6.07 Å². The largest absolute Gasteiger partial charge is 0.478 e. The molecule has 2 rings (SSSR count). The van der Waals surface area contributed by atoms with Gasteiger partial charge in [0.2, 0.25) is 0 Å². The van der Waals surface area contributed by atoms with E-state index < -0.39 is 5.97 Å². The minimum atomic E-state index is -0.436. The zero-order chi connectivity index (χ0) is 15.9. The summed E-state index contributed by atoms with van der Waals surface area (Å²) < 4.78 is 21.1. The molecule has 2 aromatic rings. The van der Waals surface area contributed by atoms with Crippen LogP contribution in [0.2, 0.25) is 0 Å². The summed E-state index contributed by atoms with van der Waals surface area (Å²) in [7, 11) is 3.57. The fourth-order valence-electron chi connectivity index (χ4n) is 2.18. The molecule has 1 atom stereocenters. The minimum absolute atomic E-state index is 0.153. The Hall–Kier alpha value is -1.84. The predicted molar refractivity (Wildman–Crippen MR) is 87.8 cm³/mol. The van der Waals surface area contributed by atoms with E-state index in [-0.39, 0.29) is 6.61 Å². The van der Waals surface area contributed by atoms with Gasteiger partial charge in [-0.3, -0.25) is 0 Å². The number of hydrogen-bond donors (Lipinski definition) is 0. The number of fused-ring (bicyclic) bond motifs is 1. The molecule has 22 heavy (non-hydrogen) atoms. The summed E-state index contributed by atoms with van der Waals surface area (Å²) in [5, 5.41) is 0.956. The molecule has 1 heterocycles. The molecular formula is C16H19O5P. The minimum Gasteiger partial charge on any atom is -0.478 e. The van der Waals surface area contributed by atoms with E-state index in [0.717, 1.165) is 23.1 Å². The summed E-state index contributed by atoms with van der Waals surface area (Å²) in [4.78, 5) is 11.2. The lowest BCUT2D eigenvalue weighted by Gasteiger charge is -2.05. The number of rotatable bonds is 7. The Balaban J connectivity index is 2.41. The second kappa shape index (κ2) is 7.97. The van der Waals surface area contributed by atoms with Crippen molar-refractivity contribution in [2.75, 3.05) is 20.3 Å². The van der Waals surface area contributed by atoms with Crippen molar-refractivity contribution in [3.8, 4) is 5.75 Å². The summed E-state index contributed by atoms with van der Waals surface area (Å²) in [6.45, 7) is 2.34. The number of benzene rings is 1. The first-order valence-corrected chi connectivity index (χ1v) is 7.36. The van der Waals surface area contributed by atoms with Gasteiger partial charge in [-0.05, 0) is 19.1 Å². The Morgan fingerprint density at radius 2 is 2.23 bits per heavy atom. The number of ether oxygens (including phenoxy) is 2. The third kappa shape index (κ3) is 3.67. The van der Waals surface area contributed by atoms with Crippen LogP contribution in [0.5, 0.6) is 5.75 Å². The Morgan fingerprint density at radius 1 is 1.41 bits per heavy atom. The molecule has 1 aromatic carbocycles. The van der Waals surface area contributed by atoms with Crippen LogP contribution in [0, 0.1) is 0 Å². The number of methoxy groups -OCH3 is 1. The van der Waals surface area contributed by atoms with Crippen molar-refractivity contribution in [2.24, 2.45) is 0 Å². The molecule has 0 saturated heterocycles. The van der Waals surface area contributed by atoms with Crippen LogP contribution in [0.4, 0.5) is 0 Å². The third-order valence-electron chi connectivity index (χ3n) is 3.17. The fraction of sp³-hybridized carbons (Fsp3) is 0.312. The highest BCUT2D eigenvalue weighted by Gasteiger charge is 2.16. The molecule has 0 aliphatic heterocycles. The molecule has 0 aliphatic rings. The van der Waals surface area contributed by atoms with E-state index in [4.69, 9.17) is 13.7 Å². The zero-order valence-electron chi connectivity index (χ0n) is 12.6. The lowest BCUT2D eigenvalue weighted by molar-refractivity contribution is -0.142. The van der Waals surface area contributed by atoms with Gasteiger partial charge < -0.3 is 18.4 Å². The molecular weight excluding hydrogens is 303 g/mol. The van der Waals surface area contributed by atoms with Gasteiger partial charge in [0.15, 0.2) is 17.9 Å². The average molecular weight is 322 g/mol. The molecule has 0 saturated carbocycles. The molecule has 118 valence electrons. The molecule has 0 bridgehead atoms. The fourth-order valence-corrected chi connectivity index (χ4v) is 2.29. The van der Waals surface area contributed by atoms with Crippen molar-refractivity contribution in [1.29, 1.82) is 0 Å². The van der Waals surface area contributed by atoms with Crippen molar-refractivity contribution in [3.63, 3.8) is 0 Å². The summed E-state index contributed by atoms with van der Waals surface area (Å²) in [6.07, 6.45) is 4.54. The number of esters is 1. The standard InChI is InChI=1S/C16H19O5P/c1-3-5-13-11(8-9-20-22)12-6-4-7-14(16(12)21-13)19-10-15(17)18-2/h3-7H,8-10,22H2,1-2H3. The third-order valence-corrected chi connectivity index (χ3v) is 3.41. The van der Waals surface area contributed by atoms with Crippen molar-refractivity contribution >= 4 is 32.5 Å². The van der Waals surface area contributed by atoms with Crippen molar-refractivity contribution < 1.29 is 23.2 Å². The molecule has 0 aliphatic carbocycles. The van der Waals surface area contributed by atoms with Gasteiger partial charge in [0.25, 0.3) is 0 Å². The predicted octanol–water partition coefficient (Wildman–Crippen LogP) is 3.37. The molecule has 0 N–H and O–H groups in total. The Morgan fingerprint density at radius 3 is 2.91 bits per heavy atom. The van der Waals surface area contributed by atoms with Gasteiger partial charge in [0.1, 0.15) is 5.76 Å². The first-order chi connectivity index (χ1) is 10.7. The highest BCUT2D eigenvalue weighted by Crippen LogP contribution is 2.34. The van der Waals surface area contributed by atoms with E-state index in [1.807, 2.05) is 31.2 Å². The lowest BCUT2D eigenvalue weighted by atomic mass is 10.1. The first kappa shape index (κ1) is 16.5. The van der Waals surface area contributed by atoms with Crippen LogP contribution in [-0.4, -0.2) is 26.3 Å². The van der Waals surface area contributed by atoms with Crippen molar-refractivity contribution in [1.82, 2.24) is 0 Å². The number of carbonyl (C=O) groups excluding carboxylic acids is 1. The summed E-state index contributed by atoms with van der Waals surface area (Å²) >= 11 is 0. The zero-order valence-corrected chi connectivity index (χ0v) is 13.8. The van der Waals surface area contributed by atoms with Gasteiger partial charge >= 0.3 is 5.97 Å². The molecule has 5 nitrogen and oxygen atoms in total.